The van der Waals surface area contributed by atoms with Gasteiger partial charge in [-0.05, 0) is 24.3 Å². The predicted octanol–water partition coefficient (Wildman–Crippen LogP) is 3.42. The molecular formula is C17H28ClN3O3. The van der Waals surface area contributed by atoms with E-state index < -0.39 is 10.5 Å². The maximum atomic E-state index is 12.5. The minimum Gasteiger partial charge on any atom is -0.345 e. The molecule has 0 fully saturated rings. The molecule has 0 spiro atoms. The SMILES string of the molecule is CC(C)C(C)(CN)NC(=O)c1ccc(C(C)(C)C)c([N+](=O)[O-])c1.Cl. The maximum Gasteiger partial charge on any atom is 0.273 e. The number of nitro groups is 1. The molecule has 0 saturated carbocycles. The Morgan fingerprint density at radius 3 is 2.21 bits per heavy atom. The molecule has 24 heavy (non-hydrogen) atoms. The van der Waals surface area contributed by atoms with Crippen molar-refractivity contribution in [2.45, 2.75) is 52.5 Å². The molecule has 1 atom stereocenters. The van der Waals surface area contributed by atoms with E-state index in [-0.39, 0.29) is 40.9 Å². The van der Waals surface area contributed by atoms with Crippen LogP contribution in [0.5, 0.6) is 0 Å². The Hall–Kier alpha value is -1.66. The van der Waals surface area contributed by atoms with Gasteiger partial charge in [-0.1, -0.05) is 40.7 Å². The average molecular weight is 358 g/mol. The standard InChI is InChI=1S/C17H27N3O3.ClH/c1-11(2)17(6,10-18)19-15(21)12-7-8-13(16(3,4)5)14(9-12)20(22)23;/h7-9,11H,10,18H2,1-6H3,(H,19,21);1H. The van der Waals surface area contributed by atoms with Crippen LogP contribution in [0.2, 0.25) is 0 Å². The third-order valence-electron chi connectivity index (χ3n) is 4.36. The van der Waals surface area contributed by atoms with Gasteiger partial charge in [-0.3, -0.25) is 14.9 Å². The molecule has 1 unspecified atom stereocenters. The molecule has 1 aromatic carbocycles. The molecule has 0 aromatic heterocycles. The van der Waals surface area contributed by atoms with Crippen LogP contribution in [0.4, 0.5) is 5.69 Å². The lowest BCUT2D eigenvalue weighted by Gasteiger charge is -2.33. The van der Waals surface area contributed by atoms with Crippen LogP contribution < -0.4 is 11.1 Å². The van der Waals surface area contributed by atoms with Gasteiger partial charge in [0.1, 0.15) is 0 Å². The van der Waals surface area contributed by atoms with Crippen LogP contribution in [-0.4, -0.2) is 22.9 Å². The predicted molar refractivity (Wildman–Crippen MR) is 98.8 cm³/mol. The zero-order valence-corrected chi connectivity index (χ0v) is 16.0. The molecule has 0 radical (unpaired) electrons. The van der Waals surface area contributed by atoms with Crippen molar-refractivity contribution in [1.29, 1.82) is 0 Å². The lowest BCUT2D eigenvalue weighted by atomic mass is 9.85. The van der Waals surface area contributed by atoms with Crippen LogP contribution in [0, 0.1) is 16.0 Å². The van der Waals surface area contributed by atoms with Crippen molar-refractivity contribution in [3.63, 3.8) is 0 Å². The van der Waals surface area contributed by atoms with Gasteiger partial charge in [0.15, 0.2) is 0 Å². The highest BCUT2D eigenvalue weighted by molar-refractivity contribution is 5.95. The number of rotatable bonds is 5. The number of carbonyl (C=O) groups is 1. The number of hydrogen-bond donors (Lipinski definition) is 2. The molecule has 0 saturated heterocycles. The van der Waals surface area contributed by atoms with Gasteiger partial charge >= 0.3 is 0 Å². The molecular weight excluding hydrogens is 330 g/mol. The number of amides is 1. The highest BCUT2D eigenvalue weighted by Gasteiger charge is 2.30. The van der Waals surface area contributed by atoms with Gasteiger partial charge in [0.05, 0.1) is 10.5 Å². The molecule has 0 aliphatic heterocycles. The summed E-state index contributed by atoms with van der Waals surface area (Å²) in [5.74, 6) is -0.213. The van der Waals surface area contributed by atoms with E-state index in [1.807, 2.05) is 41.5 Å². The van der Waals surface area contributed by atoms with Crippen LogP contribution in [0.1, 0.15) is 57.5 Å². The van der Waals surface area contributed by atoms with Crippen LogP contribution >= 0.6 is 12.4 Å². The van der Waals surface area contributed by atoms with Gasteiger partial charge in [-0.2, -0.15) is 0 Å². The van der Waals surface area contributed by atoms with Gasteiger partial charge in [0.25, 0.3) is 11.6 Å². The Kier molecular flexibility index (Phi) is 7.39. The summed E-state index contributed by atoms with van der Waals surface area (Å²) >= 11 is 0. The molecule has 0 aliphatic rings. The number of nitro benzene ring substituents is 1. The smallest absolute Gasteiger partial charge is 0.273 e. The highest BCUT2D eigenvalue weighted by atomic mass is 35.5. The summed E-state index contributed by atoms with van der Waals surface area (Å²) in [5.41, 5.74) is 5.67. The van der Waals surface area contributed by atoms with E-state index in [0.717, 1.165) is 0 Å². The molecule has 0 aliphatic carbocycles. The summed E-state index contributed by atoms with van der Waals surface area (Å²) in [6, 6.07) is 4.62. The van der Waals surface area contributed by atoms with Crippen molar-refractivity contribution in [2.24, 2.45) is 11.7 Å². The van der Waals surface area contributed by atoms with Crippen molar-refractivity contribution in [3.05, 3.63) is 39.4 Å². The average Bonchev–Trinajstić information content (AvgIpc) is 2.45. The minimum absolute atomic E-state index is 0. The van der Waals surface area contributed by atoms with Crippen molar-refractivity contribution in [1.82, 2.24) is 5.32 Å². The summed E-state index contributed by atoms with van der Waals surface area (Å²) in [5, 5.41) is 14.2. The minimum atomic E-state index is -0.561. The Balaban J connectivity index is 0.00000529. The Morgan fingerprint density at radius 1 is 1.29 bits per heavy atom. The molecule has 3 N–H and O–H groups in total. The maximum absolute atomic E-state index is 12.5. The van der Waals surface area contributed by atoms with Crippen molar-refractivity contribution < 1.29 is 9.72 Å². The first kappa shape index (κ1) is 22.3. The molecule has 6 nitrogen and oxygen atoms in total. The summed E-state index contributed by atoms with van der Waals surface area (Å²) in [4.78, 5) is 23.4. The lowest BCUT2D eigenvalue weighted by Crippen LogP contribution is -2.55. The van der Waals surface area contributed by atoms with Gasteiger partial charge in [0.2, 0.25) is 0 Å². The van der Waals surface area contributed by atoms with E-state index in [9.17, 15) is 14.9 Å². The Labute approximate surface area is 149 Å². The summed E-state index contributed by atoms with van der Waals surface area (Å²) in [6.45, 7) is 11.8. The van der Waals surface area contributed by atoms with Crippen LogP contribution in [0.15, 0.2) is 18.2 Å². The Bertz CT molecular complexity index is 612. The van der Waals surface area contributed by atoms with Crippen molar-refractivity contribution in [2.75, 3.05) is 6.54 Å². The van der Waals surface area contributed by atoms with E-state index in [1.165, 1.54) is 6.07 Å². The number of nitrogens with two attached hydrogens (primary N) is 1. The van der Waals surface area contributed by atoms with Gasteiger partial charge in [-0.25, -0.2) is 0 Å². The van der Waals surface area contributed by atoms with Crippen molar-refractivity contribution >= 4 is 24.0 Å². The van der Waals surface area contributed by atoms with Gasteiger partial charge in [0, 0.05) is 23.7 Å². The number of halogens is 1. The molecule has 0 heterocycles. The first-order valence-electron chi connectivity index (χ1n) is 7.74. The zero-order chi connectivity index (χ0) is 18.0. The van der Waals surface area contributed by atoms with E-state index in [4.69, 9.17) is 5.73 Å². The molecule has 1 rings (SSSR count). The summed E-state index contributed by atoms with van der Waals surface area (Å²) in [7, 11) is 0. The number of nitrogens with zero attached hydrogens (tertiary/aromatic N) is 1. The Morgan fingerprint density at radius 2 is 1.83 bits per heavy atom. The third-order valence-corrected chi connectivity index (χ3v) is 4.36. The fourth-order valence-electron chi connectivity index (χ4n) is 2.22. The lowest BCUT2D eigenvalue weighted by molar-refractivity contribution is -0.386. The molecule has 136 valence electrons. The molecule has 0 bridgehead atoms. The van der Waals surface area contributed by atoms with Crippen molar-refractivity contribution in [3.8, 4) is 0 Å². The normalized spacial score (nSPS) is 13.8. The number of hydrogen-bond acceptors (Lipinski definition) is 4. The number of benzene rings is 1. The summed E-state index contributed by atoms with van der Waals surface area (Å²) in [6.07, 6.45) is 0. The quantitative estimate of drug-likeness (QED) is 0.623. The fourth-order valence-corrected chi connectivity index (χ4v) is 2.22. The van der Waals surface area contributed by atoms with Gasteiger partial charge < -0.3 is 11.1 Å². The van der Waals surface area contributed by atoms with Crippen LogP contribution in [0.25, 0.3) is 0 Å². The third kappa shape index (κ3) is 4.92. The zero-order valence-electron chi connectivity index (χ0n) is 15.2. The second-order valence-electron chi connectivity index (χ2n) is 7.47. The first-order valence-corrected chi connectivity index (χ1v) is 7.74. The van der Waals surface area contributed by atoms with Crippen LogP contribution in [0.3, 0.4) is 0 Å². The summed E-state index contributed by atoms with van der Waals surface area (Å²) < 4.78 is 0. The molecule has 7 heteroatoms. The second kappa shape index (κ2) is 7.94. The molecule has 1 amide bonds. The monoisotopic (exact) mass is 357 g/mol. The topological polar surface area (TPSA) is 98.3 Å². The van der Waals surface area contributed by atoms with E-state index >= 15 is 0 Å². The molecule has 1 aromatic rings. The van der Waals surface area contributed by atoms with Crippen LogP contribution in [-0.2, 0) is 5.41 Å². The van der Waals surface area contributed by atoms with Gasteiger partial charge in [-0.15, -0.1) is 12.4 Å². The largest absolute Gasteiger partial charge is 0.345 e. The highest BCUT2D eigenvalue weighted by Crippen LogP contribution is 2.32. The fraction of sp³-hybridized carbons (Fsp3) is 0.588. The second-order valence-corrected chi connectivity index (χ2v) is 7.47. The van der Waals surface area contributed by atoms with E-state index in [2.05, 4.69) is 5.32 Å². The first-order chi connectivity index (χ1) is 10.4. The number of nitrogens with one attached hydrogen (secondary N) is 1. The number of carbonyl (C=O) groups excluding carboxylic acids is 1. The van der Waals surface area contributed by atoms with E-state index in [1.54, 1.807) is 12.1 Å². The van der Waals surface area contributed by atoms with E-state index in [0.29, 0.717) is 12.1 Å².